The first kappa shape index (κ1) is 23.3. The predicted molar refractivity (Wildman–Crippen MR) is 107 cm³/mol. The number of hydrogen-bond donors (Lipinski definition) is 3. The summed E-state index contributed by atoms with van der Waals surface area (Å²) in [6.45, 7) is -0.185. The Morgan fingerprint density at radius 3 is 2.47 bits per heavy atom. The number of hydrogen-bond acceptors (Lipinski definition) is 4. The van der Waals surface area contributed by atoms with Gasteiger partial charge in [-0.3, -0.25) is 0 Å². The summed E-state index contributed by atoms with van der Waals surface area (Å²) in [5.41, 5.74) is 1.16. The Labute approximate surface area is 173 Å². The molecule has 0 saturated carbocycles. The largest absolute Gasteiger partial charge is 0.493 e. The highest BCUT2D eigenvalue weighted by atomic mass is 19.4. The van der Waals surface area contributed by atoms with Crippen LogP contribution in [-0.2, 0) is 0 Å². The number of carbonyl (C=O) groups is 1. The number of nitrogens with one attached hydrogen (secondary N) is 2. The van der Waals surface area contributed by atoms with Crippen LogP contribution in [0.5, 0.6) is 11.5 Å². The number of benzene rings is 2. The number of ether oxygens (including phenoxy) is 2. The molecule has 1 atom stereocenters. The smallest absolute Gasteiger partial charge is 0.389 e. The molecule has 0 saturated heterocycles. The first-order valence-corrected chi connectivity index (χ1v) is 9.43. The summed E-state index contributed by atoms with van der Waals surface area (Å²) in [4.78, 5) is 12.3. The second kappa shape index (κ2) is 11.3. The molecule has 9 heteroatoms. The molecule has 164 valence electrons. The number of urea groups is 1. The normalized spacial score (nSPS) is 12.2. The van der Waals surface area contributed by atoms with E-state index in [1.165, 1.54) is 13.2 Å². The van der Waals surface area contributed by atoms with Crippen LogP contribution in [0.4, 0.5) is 23.7 Å². The highest BCUT2D eigenvalue weighted by Crippen LogP contribution is 2.31. The third-order valence-corrected chi connectivity index (χ3v) is 4.22. The molecule has 0 bridgehead atoms. The van der Waals surface area contributed by atoms with E-state index in [9.17, 15) is 23.1 Å². The van der Waals surface area contributed by atoms with Gasteiger partial charge in [-0.25, -0.2) is 4.79 Å². The lowest BCUT2D eigenvalue weighted by molar-refractivity contribution is -0.135. The molecule has 2 aromatic carbocycles. The summed E-state index contributed by atoms with van der Waals surface area (Å²) >= 11 is 0. The third kappa shape index (κ3) is 7.82. The van der Waals surface area contributed by atoms with Crippen molar-refractivity contribution in [1.29, 1.82) is 0 Å². The van der Waals surface area contributed by atoms with Gasteiger partial charge >= 0.3 is 12.2 Å². The summed E-state index contributed by atoms with van der Waals surface area (Å²) in [5, 5.41) is 14.9. The SMILES string of the molecule is COc1ccc(NC(=O)N[C@@H](CO)c2ccccc2)cc1OCCCCC(F)(F)F. The molecular formula is C21H25F3N2O4. The van der Waals surface area contributed by atoms with Gasteiger partial charge in [0, 0.05) is 18.2 Å². The van der Waals surface area contributed by atoms with Gasteiger partial charge in [0.2, 0.25) is 0 Å². The fourth-order valence-electron chi connectivity index (χ4n) is 2.72. The van der Waals surface area contributed by atoms with E-state index in [0.29, 0.717) is 17.2 Å². The minimum Gasteiger partial charge on any atom is -0.493 e. The number of methoxy groups -OCH3 is 1. The predicted octanol–water partition coefficient (Wildman–Crippen LogP) is 4.66. The molecule has 0 aliphatic rings. The van der Waals surface area contributed by atoms with Gasteiger partial charge in [0.25, 0.3) is 0 Å². The van der Waals surface area contributed by atoms with Crippen LogP contribution in [0.2, 0.25) is 0 Å². The second-order valence-corrected chi connectivity index (χ2v) is 6.53. The molecule has 3 N–H and O–H groups in total. The Balaban J connectivity index is 1.93. The van der Waals surface area contributed by atoms with Crippen LogP contribution in [0.25, 0.3) is 0 Å². The number of carbonyl (C=O) groups excluding carboxylic acids is 1. The van der Waals surface area contributed by atoms with Crippen LogP contribution in [-0.4, -0.2) is 37.6 Å². The zero-order chi connectivity index (χ0) is 22.0. The average molecular weight is 426 g/mol. The van der Waals surface area contributed by atoms with E-state index in [1.54, 1.807) is 36.4 Å². The summed E-state index contributed by atoms with van der Waals surface area (Å²) < 4.78 is 47.3. The molecule has 0 spiro atoms. The number of halogens is 3. The highest BCUT2D eigenvalue weighted by molar-refractivity contribution is 5.90. The maximum absolute atomic E-state index is 12.3. The summed E-state index contributed by atoms with van der Waals surface area (Å²) in [6, 6.07) is 12.6. The number of unbranched alkanes of at least 4 members (excludes halogenated alkanes) is 1. The lowest BCUT2D eigenvalue weighted by Crippen LogP contribution is -2.34. The van der Waals surface area contributed by atoms with Crippen molar-refractivity contribution in [3.05, 3.63) is 54.1 Å². The molecule has 2 rings (SSSR count). The van der Waals surface area contributed by atoms with Gasteiger partial charge in [0.05, 0.1) is 26.4 Å². The Morgan fingerprint density at radius 1 is 1.10 bits per heavy atom. The van der Waals surface area contributed by atoms with E-state index in [2.05, 4.69) is 10.6 Å². The van der Waals surface area contributed by atoms with Gasteiger partial charge < -0.3 is 25.2 Å². The molecule has 0 fully saturated rings. The molecule has 0 radical (unpaired) electrons. The molecule has 2 aromatic rings. The van der Waals surface area contributed by atoms with E-state index < -0.39 is 24.7 Å². The number of rotatable bonds is 10. The molecule has 0 heterocycles. The van der Waals surface area contributed by atoms with Crippen molar-refractivity contribution in [3.63, 3.8) is 0 Å². The number of anilines is 1. The minimum absolute atomic E-state index is 0.0335. The van der Waals surface area contributed by atoms with Crippen LogP contribution in [0.15, 0.2) is 48.5 Å². The van der Waals surface area contributed by atoms with Gasteiger partial charge in [-0.2, -0.15) is 13.2 Å². The quantitative estimate of drug-likeness (QED) is 0.483. The highest BCUT2D eigenvalue weighted by Gasteiger charge is 2.25. The molecule has 30 heavy (non-hydrogen) atoms. The van der Waals surface area contributed by atoms with Crippen molar-refractivity contribution in [2.75, 3.05) is 25.6 Å². The minimum atomic E-state index is -4.18. The summed E-state index contributed by atoms with van der Waals surface area (Å²) in [7, 11) is 1.44. The Kier molecular flexibility index (Phi) is 8.79. The van der Waals surface area contributed by atoms with E-state index in [0.717, 1.165) is 5.56 Å². The number of alkyl halides is 3. The molecule has 0 unspecified atom stereocenters. The van der Waals surface area contributed by atoms with E-state index >= 15 is 0 Å². The molecule has 2 amide bonds. The van der Waals surface area contributed by atoms with Gasteiger partial charge in [-0.05, 0) is 30.5 Å². The maximum atomic E-state index is 12.3. The van der Waals surface area contributed by atoms with Crippen LogP contribution in [0, 0.1) is 0 Å². The Morgan fingerprint density at radius 2 is 1.83 bits per heavy atom. The first-order valence-electron chi connectivity index (χ1n) is 9.43. The first-order chi connectivity index (χ1) is 14.3. The zero-order valence-corrected chi connectivity index (χ0v) is 16.5. The van der Waals surface area contributed by atoms with E-state index in [4.69, 9.17) is 9.47 Å². The van der Waals surface area contributed by atoms with E-state index in [-0.39, 0.29) is 26.1 Å². The second-order valence-electron chi connectivity index (χ2n) is 6.53. The number of amides is 2. The van der Waals surface area contributed by atoms with E-state index in [1.807, 2.05) is 6.07 Å². The van der Waals surface area contributed by atoms with Crippen LogP contribution >= 0.6 is 0 Å². The fourth-order valence-corrected chi connectivity index (χ4v) is 2.72. The van der Waals surface area contributed by atoms with Gasteiger partial charge in [0.15, 0.2) is 11.5 Å². The third-order valence-electron chi connectivity index (χ3n) is 4.22. The van der Waals surface area contributed by atoms with Crippen molar-refractivity contribution in [3.8, 4) is 11.5 Å². The topological polar surface area (TPSA) is 79.8 Å². The molecular weight excluding hydrogens is 401 g/mol. The zero-order valence-electron chi connectivity index (χ0n) is 16.5. The fraction of sp³-hybridized carbons (Fsp3) is 0.381. The summed E-state index contributed by atoms with van der Waals surface area (Å²) in [6.07, 6.45) is -4.84. The van der Waals surface area contributed by atoms with Crippen LogP contribution in [0.1, 0.15) is 30.9 Å². The van der Waals surface area contributed by atoms with Gasteiger partial charge in [0.1, 0.15) is 0 Å². The number of aliphatic hydroxyl groups is 1. The average Bonchev–Trinajstić information content (AvgIpc) is 2.71. The molecule has 0 aromatic heterocycles. The Bertz CT molecular complexity index is 801. The molecule has 0 aliphatic carbocycles. The molecule has 0 aliphatic heterocycles. The maximum Gasteiger partial charge on any atom is 0.389 e. The lowest BCUT2D eigenvalue weighted by Gasteiger charge is -2.18. The van der Waals surface area contributed by atoms with Crippen molar-refractivity contribution in [2.45, 2.75) is 31.5 Å². The van der Waals surface area contributed by atoms with Crippen molar-refractivity contribution < 1.29 is 32.5 Å². The van der Waals surface area contributed by atoms with Crippen molar-refractivity contribution in [2.24, 2.45) is 0 Å². The summed E-state index contributed by atoms with van der Waals surface area (Å²) in [5.74, 6) is 0.707. The lowest BCUT2D eigenvalue weighted by atomic mass is 10.1. The standard InChI is InChI=1S/C21H25F3N2O4/c1-29-18-10-9-16(13-19(18)30-12-6-5-11-21(22,23)24)25-20(28)26-17(14-27)15-7-3-2-4-8-15/h2-4,7-10,13,17,27H,5-6,11-12,14H2,1H3,(H2,25,26,28)/t17-/m0/s1. The number of aliphatic hydroxyl groups excluding tert-OH is 1. The van der Waals surface area contributed by atoms with Gasteiger partial charge in [-0.1, -0.05) is 30.3 Å². The van der Waals surface area contributed by atoms with Gasteiger partial charge in [-0.15, -0.1) is 0 Å². The monoisotopic (exact) mass is 426 g/mol. The molecule has 6 nitrogen and oxygen atoms in total. The Hall–Kier alpha value is -2.94. The van der Waals surface area contributed by atoms with Crippen molar-refractivity contribution in [1.82, 2.24) is 5.32 Å². The van der Waals surface area contributed by atoms with Crippen LogP contribution in [0.3, 0.4) is 0 Å². The van der Waals surface area contributed by atoms with Crippen molar-refractivity contribution >= 4 is 11.7 Å². The van der Waals surface area contributed by atoms with Crippen LogP contribution < -0.4 is 20.1 Å².